The van der Waals surface area contributed by atoms with Gasteiger partial charge in [-0.05, 0) is 60.5 Å². The van der Waals surface area contributed by atoms with Crippen LogP contribution in [0.4, 0.5) is 28.9 Å². The number of piperazine rings is 1. The van der Waals surface area contributed by atoms with E-state index in [1.54, 1.807) is 37.3 Å². The molecule has 0 N–H and O–H groups in total. The van der Waals surface area contributed by atoms with Crippen LogP contribution in [0.25, 0.3) is 11.6 Å². The van der Waals surface area contributed by atoms with E-state index in [4.69, 9.17) is 16.9 Å². The molecular formula is C30H25ClF4N4O3S. The van der Waals surface area contributed by atoms with Crippen molar-refractivity contribution in [2.24, 2.45) is 0 Å². The zero-order valence-electron chi connectivity index (χ0n) is 22.8. The van der Waals surface area contributed by atoms with Gasteiger partial charge >= 0.3 is 6.18 Å². The number of benzene rings is 3. The topological polar surface area (TPSA) is 84.7 Å². The van der Waals surface area contributed by atoms with Crippen LogP contribution in [0, 0.1) is 17.1 Å². The van der Waals surface area contributed by atoms with Gasteiger partial charge in [0.05, 0.1) is 45.5 Å². The standard InChI is InChI=1S/C30H25ClF4N4O3S/c1-19(29-24(31)6-3-7-25(29)32)14-20-8-9-26-27(15-20)39(18-22-17-37(12-13-38(22)26)28(40)10-11-36)43(41,42)23-5-2-4-21(16-23)30(33,34)35/h2-9,14-16,22H,10,12-13,17-18H2,1H3/b19-14+/t22-/m0/s1. The summed E-state index contributed by atoms with van der Waals surface area (Å²) in [6, 6.07) is 14.2. The number of fused-ring (bicyclic) bond motifs is 3. The van der Waals surface area contributed by atoms with Gasteiger partial charge in [0, 0.05) is 25.2 Å². The van der Waals surface area contributed by atoms with Crippen LogP contribution in [0.5, 0.6) is 0 Å². The summed E-state index contributed by atoms with van der Waals surface area (Å²) in [5.74, 6) is -0.914. The molecule has 1 atom stereocenters. The van der Waals surface area contributed by atoms with E-state index >= 15 is 0 Å². The van der Waals surface area contributed by atoms with E-state index < -0.39 is 38.5 Å². The third-order valence-electron chi connectivity index (χ3n) is 7.51. The number of halogens is 5. The first-order chi connectivity index (χ1) is 20.3. The average Bonchev–Trinajstić information content (AvgIpc) is 2.96. The molecule has 0 bridgehead atoms. The average molecular weight is 633 g/mol. The number of sulfonamides is 1. The fourth-order valence-electron chi connectivity index (χ4n) is 5.48. The molecule has 3 aromatic rings. The summed E-state index contributed by atoms with van der Waals surface area (Å²) in [5.41, 5.74) is 0.820. The highest BCUT2D eigenvalue weighted by Crippen LogP contribution is 2.42. The van der Waals surface area contributed by atoms with Gasteiger partial charge in [0.15, 0.2) is 0 Å². The maximum atomic E-state index is 14.6. The Bertz CT molecular complexity index is 1750. The van der Waals surface area contributed by atoms with Gasteiger partial charge in [-0.15, -0.1) is 0 Å². The second-order valence-corrected chi connectivity index (χ2v) is 12.5. The van der Waals surface area contributed by atoms with Crippen LogP contribution in [0.15, 0.2) is 65.6 Å². The molecule has 2 heterocycles. The molecule has 2 aliphatic rings. The van der Waals surface area contributed by atoms with Gasteiger partial charge in [-0.2, -0.15) is 18.4 Å². The first kappa shape index (κ1) is 30.4. The van der Waals surface area contributed by atoms with Gasteiger partial charge in [0.25, 0.3) is 10.0 Å². The van der Waals surface area contributed by atoms with E-state index in [0.29, 0.717) is 36.0 Å². The molecule has 0 spiro atoms. The lowest BCUT2D eigenvalue weighted by atomic mass is 10.0. The molecule has 1 saturated heterocycles. The lowest BCUT2D eigenvalue weighted by molar-refractivity contribution is -0.137. The van der Waals surface area contributed by atoms with Crippen molar-refractivity contribution in [2.75, 3.05) is 35.4 Å². The zero-order valence-corrected chi connectivity index (χ0v) is 24.3. The minimum atomic E-state index is -4.75. The Morgan fingerprint density at radius 3 is 2.51 bits per heavy atom. The molecular weight excluding hydrogens is 608 g/mol. The maximum Gasteiger partial charge on any atom is 0.416 e. The second kappa shape index (κ2) is 11.5. The van der Waals surface area contributed by atoms with Gasteiger partial charge in [0.1, 0.15) is 12.2 Å². The molecule has 0 radical (unpaired) electrons. The first-order valence-corrected chi connectivity index (χ1v) is 15.0. The van der Waals surface area contributed by atoms with Crippen LogP contribution < -0.4 is 9.21 Å². The SMILES string of the molecule is C/C(=C\c1ccc2c(c1)N(S(=O)(=O)c1cccc(C(F)(F)F)c1)C[C@@H]1CN(C(=O)CC#N)CCN21)c1c(F)cccc1Cl. The first-order valence-electron chi connectivity index (χ1n) is 13.2. The lowest BCUT2D eigenvalue weighted by Gasteiger charge is -2.49. The number of hydrogen-bond donors (Lipinski definition) is 0. The van der Waals surface area contributed by atoms with Gasteiger partial charge in [-0.25, -0.2) is 12.8 Å². The minimum Gasteiger partial charge on any atom is -0.361 e. The molecule has 5 rings (SSSR count). The molecule has 7 nitrogen and oxygen atoms in total. The van der Waals surface area contributed by atoms with Crippen LogP contribution in [-0.2, 0) is 21.0 Å². The van der Waals surface area contributed by atoms with Crippen molar-refractivity contribution < 1.29 is 30.8 Å². The van der Waals surface area contributed by atoms with Crippen LogP contribution in [-0.4, -0.2) is 51.4 Å². The number of rotatable bonds is 5. The van der Waals surface area contributed by atoms with E-state index in [2.05, 4.69) is 0 Å². The van der Waals surface area contributed by atoms with Crippen molar-refractivity contribution in [3.8, 4) is 6.07 Å². The summed E-state index contributed by atoms with van der Waals surface area (Å²) in [4.78, 5) is 15.4. The molecule has 0 saturated carbocycles. The molecule has 3 aromatic carbocycles. The van der Waals surface area contributed by atoms with E-state index in [1.165, 1.54) is 17.0 Å². The van der Waals surface area contributed by atoms with Crippen molar-refractivity contribution in [2.45, 2.75) is 30.5 Å². The van der Waals surface area contributed by atoms with Gasteiger partial charge < -0.3 is 9.80 Å². The van der Waals surface area contributed by atoms with Crippen LogP contribution in [0.2, 0.25) is 5.02 Å². The molecule has 0 aromatic heterocycles. The van der Waals surface area contributed by atoms with Crippen molar-refractivity contribution in [1.29, 1.82) is 5.26 Å². The highest BCUT2D eigenvalue weighted by Gasteiger charge is 2.41. The third-order valence-corrected chi connectivity index (χ3v) is 9.60. The summed E-state index contributed by atoms with van der Waals surface area (Å²) in [5, 5.41) is 9.17. The molecule has 0 aliphatic carbocycles. The van der Waals surface area contributed by atoms with E-state index in [0.717, 1.165) is 22.5 Å². The lowest BCUT2D eigenvalue weighted by Crippen LogP contribution is -2.61. The van der Waals surface area contributed by atoms with Crippen molar-refractivity contribution in [1.82, 2.24) is 4.90 Å². The Labute approximate surface area is 251 Å². The Morgan fingerprint density at radius 1 is 1.07 bits per heavy atom. The number of nitrogens with zero attached hydrogens (tertiary/aromatic N) is 4. The monoisotopic (exact) mass is 632 g/mol. The van der Waals surface area contributed by atoms with Crippen LogP contribution in [0.3, 0.4) is 0 Å². The summed E-state index contributed by atoms with van der Waals surface area (Å²) in [7, 11) is -4.52. The molecule has 43 heavy (non-hydrogen) atoms. The Hall–Kier alpha value is -4.08. The summed E-state index contributed by atoms with van der Waals surface area (Å²) < 4.78 is 84.1. The third kappa shape index (κ3) is 5.92. The predicted octanol–water partition coefficient (Wildman–Crippen LogP) is 6.20. The largest absolute Gasteiger partial charge is 0.416 e. The van der Waals surface area contributed by atoms with E-state index in [1.807, 2.05) is 11.0 Å². The molecule has 224 valence electrons. The van der Waals surface area contributed by atoms with Crippen LogP contribution in [0.1, 0.15) is 30.0 Å². The van der Waals surface area contributed by atoms with Crippen LogP contribution >= 0.6 is 11.6 Å². The fourth-order valence-corrected chi connectivity index (χ4v) is 7.35. The Balaban J connectivity index is 1.61. The summed E-state index contributed by atoms with van der Waals surface area (Å²) in [6.07, 6.45) is -3.43. The number of anilines is 2. The van der Waals surface area contributed by atoms with E-state index in [9.17, 15) is 30.8 Å². The number of nitriles is 1. The van der Waals surface area contributed by atoms with Gasteiger partial charge in [-0.1, -0.05) is 35.9 Å². The number of carbonyl (C=O) groups excluding carboxylic acids is 1. The molecule has 13 heteroatoms. The maximum absolute atomic E-state index is 14.6. The van der Waals surface area contributed by atoms with Crippen molar-refractivity contribution in [3.63, 3.8) is 0 Å². The van der Waals surface area contributed by atoms with Gasteiger partial charge in [0.2, 0.25) is 5.91 Å². The summed E-state index contributed by atoms with van der Waals surface area (Å²) in [6.45, 7) is 2.29. The number of carbonyl (C=O) groups is 1. The Kier molecular flexibility index (Phi) is 8.15. The Morgan fingerprint density at radius 2 is 1.81 bits per heavy atom. The zero-order chi connectivity index (χ0) is 31.1. The highest BCUT2D eigenvalue weighted by molar-refractivity contribution is 7.92. The normalized spacial score (nSPS) is 17.3. The quantitative estimate of drug-likeness (QED) is 0.247. The predicted molar refractivity (Wildman–Crippen MR) is 155 cm³/mol. The van der Waals surface area contributed by atoms with E-state index in [-0.39, 0.29) is 41.7 Å². The van der Waals surface area contributed by atoms with Crippen molar-refractivity contribution >= 4 is 50.6 Å². The second-order valence-electron chi connectivity index (χ2n) is 10.3. The molecule has 1 fully saturated rings. The number of alkyl halides is 3. The molecule has 1 amide bonds. The minimum absolute atomic E-state index is 0.126. The molecule has 2 aliphatic heterocycles. The van der Waals surface area contributed by atoms with Crippen molar-refractivity contribution in [3.05, 3.63) is 88.2 Å². The molecule has 0 unspecified atom stereocenters. The highest BCUT2D eigenvalue weighted by atomic mass is 35.5. The summed E-state index contributed by atoms with van der Waals surface area (Å²) >= 11 is 6.23. The number of allylic oxidation sites excluding steroid dienone is 1. The number of amides is 1. The smallest absolute Gasteiger partial charge is 0.361 e. The fraction of sp³-hybridized carbons (Fsp3) is 0.267. The number of hydrogen-bond acceptors (Lipinski definition) is 5. The van der Waals surface area contributed by atoms with Gasteiger partial charge in [-0.3, -0.25) is 9.10 Å².